The maximum atomic E-state index is 3.55. The van der Waals surface area contributed by atoms with E-state index in [0.717, 1.165) is 17.6 Å². The van der Waals surface area contributed by atoms with Crippen molar-refractivity contribution in [1.82, 2.24) is 5.32 Å². The smallest absolute Gasteiger partial charge is 0.0420 e. The van der Waals surface area contributed by atoms with Crippen molar-refractivity contribution >= 4 is 33.4 Å². The number of benzene rings is 1. The van der Waals surface area contributed by atoms with Crippen LogP contribution in [0.15, 0.2) is 22.7 Å². The van der Waals surface area contributed by atoms with E-state index in [9.17, 15) is 0 Å². The molecule has 0 unspecified atom stereocenters. The summed E-state index contributed by atoms with van der Waals surface area (Å²) in [6.07, 6.45) is 3.38. The second-order valence-electron chi connectivity index (χ2n) is 4.07. The van der Waals surface area contributed by atoms with Gasteiger partial charge in [0.2, 0.25) is 0 Å². The number of thioether (sulfide) groups is 1. The SMILES string of the molecule is CNCc1ccc(Br)cc1N(C)CCCSC. The second kappa shape index (κ2) is 8.01. The van der Waals surface area contributed by atoms with Crippen molar-refractivity contribution in [3.8, 4) is 0 Å². The summed E-state index contributed by atoms with van der Waals surface area (Å²) in [6.45, 7) is 2.02. The lowest BCUT2D eigenvalue weighted by atomic mass is 10.1. The van der Waals surface area contributed by atoms with E-state index in [-0.39, 0.29) is 0 Å². The van der Waals surface area contributed by atoms with Crippen molar-refractivity contribution in [1.29, 1.82) is 0 Å². The molecule has 0 heterocycles. The van der Waals surface area contributed by atoms with E-state index in [1.165, 1.54) is 23.4 Å². The maximum Gasteiger partial charge on any atom is 0.0420 e. The molecule has 1 aromatic carbocycles. The van der Waals surface area contributed by atoms with Gasteiger partial charge in [-0.1, -0.05) is 22.0 Å². The predicted octanol–water partition coefficient (Wildman–Crippen LogP) is 3.36. The molecule has 1 N–H and O–H groups in total. The van der Waals surface area contributed by atoms with E-state index in [4.69, 9.17) is 0 Å². The lowest BCUT2D eigenvalue weighted by Gasteiger charge is -2.22. The van der Waals surface area contributed by atoms with Crippen LogP contribution in [0.2, 0.25) is 0 Å². The molecule has 0 aromatic heterocycles. The molecule has 0 atom stereocenters. The molecule has 1 aromatic rings. The van der Waals surface area contributed by atoms with Crippen molar-refractivity contribution in [2.75, 3.05) is 37.5 Å². The molecule has 1 rings (SSSR count). The highest BCUT2D eigenvalue weighted by Gasteiger charge is 2.07. The highest BCUT2D eigenvalue weighted by molar-refractivity contribution is 9.10. The Hall–Kier alpha value is -0.190. The molecule has 4 heteroatoms. The molecule has 0 spiro atoms. The lowest BCUT2D eigenvalue weighted by molar-refractivity contribution is 0.798. The van der Waals surface area contributed by atoms with Crippen LogP contribution in [0.5, 0.6) is 0 Å². The van der Waals surface area contributed by atoms with E-state index in [0.29, 0.717) is 0 Å². The van der Waals surface area contributed by atoms with Gasteiger partial charge in [-0.2, -0.15) is 11.8 Å². The monoisotopic (exact) mass is 316 g/mol. The molecule has 0 bridgehead atoms. The van der Waals surface area contributed by atoms with Gasteiger partial charge in [-0.3, -0.25) is 0 Å². The highest BCUT2D eigenvalue weighted by atomic mass is 79.9. The first kappa shape index (κ1) is 14.9. The third-order valence-electron chi connectivity index (χ3n) is 2.67. The van der Waals surface area contributed by atoms with E-state index < -0.39 is 0 Å². The van der Waals surface area contributed by atoms with Crippen molar-refractivity contribution in [2.45, 2.75) is 13.0 Å². The first-order valence-corrected chi connectivity index (χ1v) is 8.00. The highest BCUT2D eigenvalue weighted by Crippen LogP contribution is 2.24. The summed E-state index contributed by atoms with van der Waals surface area (Å²) in [4.78, 5) is 2.34. The third-order valence-corrected chi connectivity index (χ3v) is 3.86. The first-order chi connectivity index (χ1) is 8.19. The Balaban J connectivity index is 2.74. The van der Waals surface area contributed by atoms with Gasteiger partial charge >= 0.3 is 0 Å². The van der Waals surface area contributed by atoms with E-state index in [1.807, 2.05) is 18.8 Å². The van der Waals surface area contributed by atoms with Crippen LogP contribution in [-0.2, 0) is 6.54 Å². The fourth-order valence-corrected chi connectivity index (χ4v) is 2.57. The molecule has 0 saturated heterocycles. The number of halogens is 1. The minimum absolute atomic E-state index is 0.912. The maximum absolute atomic E-state index is 3.55. The first-order valence-electron chi connectivity index (χ1n) is 5.82. The molecular formula is C13H21BrN2S. The normalized spacial score (nSPS) is 10.6. The summed E-state index contributed by atoms with van der Waals surface area (Å²) in [5.74, 6) is 1.22. The predicted molar refractivity (Wildman–Crippen MR) is 83.2 cm³/mol. The van der Waals surface area contributed by atoms with Gasteiger partial charge in [-0.05, 0) is 43.2 Å². The van der Waals surface area contributed by atoms with E-state index in [2.05, 4.69) is 57.6 Å². The Morgan fingerprint density at radius 1 is 1.41 bits per heavy atom. The third kappa shape index (κ3) is 4.90. The van der Waals surface area contributed by atoms with Gasteiger partial charge in [0, 0.05) is 30.3 Å². The zero-order valence-electron chi connectivity index (χ0n) is 10.8. The van der Waals surface area contributed by atoms with E-state index in [1.54, 1.807) is 0 Å². The average Bonchev–Trinajstić information content (AvgIpc) is 2.32. The Kier molecular flexibility index (Phi) is 7.00. The second-order valence-corrected chi connectivity index (χ2v) is 5.97. The Labute approximate surface area is 117 Å². The summed E-state index contributed by atoms with van der Waals surface area (Å²) >= 11 is 5.45. The number of nitrogens with zero attached hydrogens (tertiary/aromatic N) is 1. The molecule has 96 valence electrons. The number of anilines is 1. The zero-order chi connectivity index (χ0) is 12.7. The number of hydrogen-bond acceptors (Lipinski definition) is 3. The summed E-state index contributed by atoms with van der Waals surface area (Å²) in [6, 6.07) is 6.48. The minimum Gasteiger partial charge on any atom is -0.374 e. The Bertz CT molecular complexity index is 344. The van der Waals surface area contributed by atoms with Crippen LogP contribution in [0.4, 0.5) is 5.69 Å². The van der Waals surface area contributed by atoms with Gasteiger partial charge in [0.1, 0.15) is 0 Å². The van der Waals surface area contributed by atoms with Crippen LogP contribution in [0, 0.1) is 0 Å². The Morgan fingerprint density at radius 2 is 2.18 bits per heavy atom. The molecule has 0 aliphatic heterocycles. The summed E-state index contributed by atoms with van der Waals surface area (Å²) < 4.78 is 1.14. The summed E-state index contributed by atoms with van der Waals surface area (Å²) in [5.41, 5.74) is 2.66. The number of rotatable bonds is 7. The van der Waals surface area contributed by atoms with E-state index >= 15 is 0 Å². The van der Waals surface area contributed by atoms with Gasteiger partial charge in [0.15, 0.2) is 0 Å². The van der Waals surface area contributed by atoms with Gasteiger partial charge in [0.05, 0.1) is 0 Å². The van der Waals surface area contributed by atoms with Gasteiger partial charge in [0.25, 0.3) is 0 Å². The van der Waals surface area contributed by atoms with Crippen LogP contribution >= 0.6 is 27.7 Å². The van der Waals surface area contributed by atoms with Crippen molar-refractivity contribution in [3.05, 3.63) is 28.2 Å². The largest absolute Gasteiger partial charge is 0.374 e. The van der Waals surface area contributed by atoms with Crippen LogP contribution < -0.4 is 10.2 Å². The Morgan fingerprint density at radius 3 is 2.82 bits per heavy atom. The van der Waals surface area contributed by atoms with Crippen LogP contribution in [0.1, 0.15) is 12.0 Å². The molecule has 0 amide bonds. The van der Waals surface area contributed by atoms with Gasteiger partial charge in [-0.25, -0.2) is 0 Å². The molecule has 0 radical (unpaired) electrons. The molecule has 0 aliphatic carbocycles. The molecular weight excluding hydrogens is 296 g/mol. The molecule has 0 saturated carbocycles. The molecule has 0 aliphatic rings. The standard InChI is InChI=1S/C13H21BrN2S/c1-15-10-11-5-6-12(14)9-13(11)16(2)7-4-8-17-3/h5-6,9,15H,4,7-8,10H2,1-3H3. The van der Waals surface area contributed by atoms with Crippen molar-refractivity contribution in [3.63, 3.8) is 0 Å². The fraction of sp³-hybridized carbons (Fsp3) is 0.538. The fourth-order valence-electron chi connectivity index (χ4n) is 1.80. The lowest BCUT2D eigenvalue weighted by Crippen LogP contribution is -2.21. The molecule has 0 fully saturated rings. The summed E-state index contributed by atoms with van der Waals surface area (Å²) in [7, 11) is 4.15. The van der Waals surface area contributed by atoms with Crippen molar-refractivity contribution < 1.29 is 0 Å². The molecule has 17 heavy (non-hydrogen) atoms. The zero-order valence-corrected chi connectivity index (χ0v) is 13.2. The topological polar surface area (TPSA) is 15.3 Å². The number of hydrogen-bond donors (Lipinski definition) is 1. The van der Waals surface area contributed by atoms with Crippen LogP contribution in [-0.4, -0.2) is 32.6 Å². The van der Waals surface area contributed by atoms with Gasteiger partial charge in [-0.15, -0.1) is 0 Å². The van der Waals surface area contributed by atoms with Crippen molar-refractivity contribution in [2.24, 2.45) is 0 Å². The number of nitrogens with one attached hydrogen (secondary N) is 1. The molecule has 2 nitrogen and oxygen atoms in total. The quantitative estimate of drug-likeness (QED) is 0.776. The average molecular weight is 317 g/mol. The van der Waals surface area contributed by atoms with Gasteiger partial charge < -0.3 is 10.2 Å². The van der Waals surface area contributed by atoms with Crippen LogP contribution in [0.3, 0.4) is 0 Å². The minimum atomic E-state index is 0.912. The van der Waals surface area contributed by atoms with Crippen LogP contribution in [0.25, 0.3) is 0 Å². The summed E-state index contributed by atoms with van der Waals surface area (Å²) in [5, 5.41) is 3.22.